The number of aromatic carboxylic acids is 1. The highest BCUT2D eigenvalue weighted by molar-refractivity contribution is 5.87. The smallest absolute Gasteiger partial charge is 0.341 e. The van der Waals surface area contributed by atoms with E-state index in [2.05, 4.69) is 20.8 Å². The Bertz CT molecular complexity index is 835. The summed E-state index contributed by atoms with van der Waals surface area (Å²) < 4.78 is 1.19. The molecule has 0 aliphatic rings. The fourth-order valence-electron chi connectivity index (χ4n) is 2.36. The maximum Gasteiger partial charge on any atom is 0.341 e. The molecule has 0 spiro atoms. The maximum atomic E-state index is 12.3. The molecule has 23 heavy (non-hydrogen) atoms. The zero-order chi connectivity index (χ0) is 17.2. The lowest BCUT2D eigenvalue weighted by Gasteiger charge is -2.19. The Morgan fingerprint density at radius 3 is 2.26 bits per heavy atom. The molecule has 0 bridgehead atoms. The average molecular weight is 310 g/mol. The summed E-state index contributed by atoms with van der Waals surface area (Å²) in [6.45, 7) is 6.12. The van der Waals surface area contributed by atoms with Crippen LogP contribution in [-0.4, -0.2) is 15.6 Å². The van der Waals surface area contributed by atoms with E-state index in [9.17, 15) is 9.59 Å². The van der Waals surface area contributed by atoms with Crippen LogP contribution in [0.1, 0.15) is 36.7 Å². The molecule has 0 unspecified atom stereocenters. The summed E-state index contributed by atoms with van der Waals surface area (Å²) >= 11 is 0. The molecule has 2 rings (SSSR count). The molecule has 0 aliphatic carbocycles. The Balaban J connectivity index is 2.60. The second-order valence-corrected chi connectivity index (χ2v) is 6.31. The second kappa shape index (κ2) is 6.09. The Labute approximate surface area is 134 Å². The van der Waals surface area contributed by atoms with Crippen molar-refractivity contribution in [2.75, 3.05) is 0 Å². The summed E-state index contributed by atoms with van der Waals surface area (Å²) in [6, 6.07) is 12.5. The zero-order valence-corrected chi connectivity index (χ0v) is 13.3. The van der Waals surface area contributed by atoms with Gasteiger partial charge in [-0.1, -0.05) is 45.0 Å². The molecule has 1 aromatic heterocycles. The molecule has 0 aliphatic heterocycles. The van der Waals surface area contributed by atoms with E-state index in [0.717, 1.165) is 11.1 Å². The predicted octanol–water partition coefficient (Wildman–Crippen LogP) is 3.03. The normalized spacial score (nSPS) is 11.0. The van der Waals surface area contributed by atoms with Gasteiger partial charge in [0.25, 0.3) is 5.56 Å². The summed E-state index contributed by atoms with van der Waals surface area (Å²) in [5.41, 5.74) is 1.45. The minimum atomic E-state index is -1.30. The lowest BCUT2D eigenvalue weighted by atomic mass is 9.86. The van der Waals surface area contributed by atoms with Crippen molar-refractivity contribution in [1.29, 1.82) is 5.26 Å². The van der Waals surface area contributed by atoms with Gasteiger partial charge in [0.1, 0.15) is 12.1 Å². The molecule has 0 radical (unpaired) electrons. The third-order valence-electron chi connectivity index (χ3n) is 3.68. The second-order valence-electron chi connectivity index (χ2n) is 6.31. The van der Waals surface area contributed by atoms with E-state index < -0.39 is 11.5 Å². The van der Waals surface area contributed by atoms with Crippen molar-refractivity contribution in [3.63, 3.8) is 0 Å². The molecule has 5 nitrogen and oxygen atoms in total. The highest BCUT2D eigenvalue weighted by Crippen LogP contribution is 2.25. The number of pyridine rings is 1. The number of benzene rings is 1. The summed E-state index contributed by atoms with van der Waals surface area (Å²) in [4.78, 5) is 23.3. The van der Waals surface area contributed by atoms with Gasteiger partial charge in [-0.3, -0.25) is 9.36 Å². The van der Waals surface area contributed by atoms with Crippen LogP contribution in [0.4, 0.5) is 0 Å². The molecule has 1 heterocycles. The topological polar surface area (TPSA) is 83.1 Å². The van der Waals surface area contributed by atoms with Crippen molar-refractivity contribution < 1.29 is 9.90 Å². The van der Waals surface area contributed by atoms with Gasteiger partial charge in [-0.15, -0.1) is 0 Å². The Morgan fingerprint density at radius 1 is 1.17 bits per heavy atom. The van der Waals surface area contributed by atoms with Gasteiger partial charge in [0.2, 0.25) is 0 Å². The van der Waals surface area contributed by atoms with Crippen molar-refractivity contribution >= 4 is 5.97 Å². The van der Waals surface area contributed by atoms with E-state index in [1.54, 1.807) is 6.07 Å². The Kier molecular flexibility index (Phi) is 4.37. The molecule has 0 saturated heterocycles. The summed E-state index contributed by atoms with van der Waals surface area (Å²) in [5, 5.41) is 18.0. The van der Waals surface area contributed by atoms with Crippen LogP contribution in [-0.2, 0) is 12.0 Å². The summed E-state index contributed by atoms with van der Waals surface area (Å²) in [5.74, 6) is -1.30. The number of carbonyl (C=O) groups is 1. The lowest BCUT2D eigenvalue weighted by Crippen LogP contribution is -2.27. The van der Waals surface area contributed by atoms with Gasteiger partial charge in [0.05, 0.1) is 11.8 Å². The molecule has 0 atom stereocenters. The van der Waals surface area contributed by atoms with Gasteiger partial charge < -0.3 is 5.11 Å². The van der Waals surface area contributed by atoms with Crippen LogP contribution in [0.3, 0.4) is 0 Å². The fraction of sp³-hybridized carbons (Fsp3) is 0.278. The van der Waals surface area contributed by atoms with Crippen LogP contribution in [0.2, 0.25) is 0 Å². The van der Waals surface area contributed by atoms with Gasteiger partial charge in [-0.25, -0.2) is 4.79 Å². The van der Waals surface area contributed by atoms with E-state index in [0.29, 0.717) is 5.69 Å². The third-order valence-corrected chi connectivity index (χ3v) is 3.68. The third kappa shape index (κ3) is 3.32. The van der Waals surface area contributed by atoms with Crippen LogP contribution in [0.25, 0.3) is 11.3 Å². The minimum absolute atomic E-state index is 0.0119. The SMILES string of the molecule is CC(C)(C)c1ccc(-c2ccc(C(=O)O)c(=O)n2CC#N)cc1. The number of hydrogen-bond acceptors (Lipinski definition) is 3. The molecular weight excluding hydrogens is 292 g/mol. The quantitative estimate of drug-likeness (QED) is 0.944. The van der Waals surface area contributed by atoms with Gasteiger partial charge in [-0.05, 0) is 28.7 Å². The minimum Gasteiger partial charge on any atom is -0.477 e. The van der Waals surface area contributed by atoms with E-state index >= 15 is 0 Å². The molecule has 5 heteroatoms. The van der Waals surface area contributed by atoms with Gasteiger partial charge in [0.15, 0.2) is 0 Å². The molecule has 2 aromatic rings. The number of hydrogen-bond donors (Lipinski definition) is 1. The number of aromatic nitrogens is 1. The van der Waals surface area contributed by atoms with Crippen molar-refractivity contribution in [2.45, 2.75) is 32.7 Å². The maximum absolute atomic E-state index is 12.3. The number of carboxylic acid groups (broad SMARTS) is 1. The Morgan fingerprint density at radius 2 is 1.78 bits per heavy atom. The molecule has 0 amide bonds. The monoisotopic (exact) mass is 310 g/mol. The number of rotatable bonds is 3. The Hall–Kier alpha value is -2.87. The van der Waals surface area contributed by atoms with Gasteiger partial charge in [0, 0.05) is 0 Å². The van der Waals surface area contributed by atoms with Crippen LogP contribution in [0.15, 0.2) is 41.2 Å². The first-order valence-electron chi connectivity index (χ1n) is 7.20. The molecular formula is C18H18N2O3. The molecule has 118 valence electrons. The first-order chi connectivity index (χ1) is 10.8. The van der Waals surface area contributed by atoms with Crippen molar-refractivity contribution in [1.82, 2.24) is 4.57 Å². The van der Waals surface area contributed by atoms with Crippen LogP contribution in [0, 0.1) is 11.3 Å². The van der Waals surface area contributed by atoms with Crippen molar-refractivity contribution in [2.24, 2.45) is 0 Å². The van der Waals surface area contributed by atoms with Crippen LogP contribution < -0.4 is 5.56 Å². The van der Waals surface area contributed by atoms with Crippen LogP contribution in [0.5, 0.6) is 0 Å². The van der Waals surface area contributed by atoms with Crippen molar-refractivity contribution in [3.8, 4) is 17.3 Å². The number of nitrogens with zero attached hydrogens (tertiary/aromatic N) is 2. The molecule has 0 fully saturated rings. The standard InChI is InChI=1S/C18H18N2O3/c1-18(2,3)13-6-4-12(5-7-13)15-9-8-14(17(22)23)16(21)20(15)11-10-19/h4-9H,11H2,1-3H3,(H,22,23). The van der Waals surface area contributed by atoms with E-state index in [1.165, 1.54) is 10.6 Å². The molecule has 0 saturated carbocycles. The predicted molar refractivity (Wildman–Crippen MR) is 87.4 cm³/mol. The zero-order valence-electron chi connectivity index (χ0n) is 13.3. The highest BCUT2D eigenvalue weighted by atomic mass is 16.4. The average Bonchev–Trinajstić information content (AvgIpc) is 2.48. The van der Waals surface area contributed by atoms with Crippen molar-refractivity contribution in [3.05, 3.63) is 57.9 Å². The van der Waals surface area contributed by atoms with Gasteiger partial charge >= 0.3 is 5.97 Å². The summed E-state index contributed by atoms with van der Waals surface area (Å²) in [7, 11) is 0. The van der Waals surface area contributed by atoms with E-state index in [1.807, 2.05) is 30.3 Å². The largest absolute Gasteiger partial charge is 0.477 e. The van der Waals surface area contributed by atoms with Crippen LogP contribution >= 0.6 is 0 Å². The lowest BCUT2D eigenvalue weighted by molar-refractivity contribution is 0.0694. The first kappa shape index (κ1) is 16.5. The molecule has 1 N–H and O–H groups in total. The highest BCUT2D eigenvalue weighted by Gasteiger charge is 2.16. The van der Waals surface area contributed by atoms with E-state index in [-0.39, 0.29) is 17.5 Å². The first-order valence-corrected chi connectivity index (χ1v) is 7.20. The van der Waals surface area contributed by atoms with Gasteiger partial charge in [-0.2, -0.15) is 5.26 Å². The number of nitriles is 1. The summed E-state index contributed by atoms with van der Waals surface area (Å²) in [6.07, 6.45) is 0. The fourth-order valence-corrected chi connectivity index (χ4v) is 2.36. The van der Waals surface area contributed by atoms with E-state index in [4.69, 9.17) is 10.4 Å². The molecule has 1 aromatic carbocycles. The number of carboxylic acids is 1.